The molecular formula is C19H18Cl2N2O3. The Morgan fingerprint density at radius 3 is 2.65 bits per heavy atom. The Kier molecular flexibility index (Phi) is 6.77. The van der Waals surface area contributed by atoms with Crippen LogP contribution in [0.3, 0.4) is 0 Å². The highest BCUT2D eigenvalue weighted by Crippen LogP contribution is 2.29. The molecule has 0 bridgehead atoms. The molecule has 0 aliphatic carbocycles. The molecule has 0 radical (unpaired) electrons. The summed E-state index contributed by atoms with van der Waals surface area (Å²) in [5.74, 6) is -0.840. The topological polar surface area (TPSA) is 61.2 Å². The Bertz CT molecular complexity index is 885. The quantitative estimate of drug-likeness (QED) is 0.294. The number of allylic oxidation sites excluding steroid dienone is 2. The Balaban J connectivity index is 2.52. The van der Waals surface area contributed by atoms with E-state index in [9.17, 15) is 9.59 Å². The van der Waals surface area contributed by atoms with Gasteiger partial charge in [-0.3, -0.25) is 4.79 Å². The molecule has 1 aromatic carbocycles. The Labute approximate surface area is 161 Å². The lowest BCUT2D eigenvalue weighted by Gasteiger charge is -2.08. The van der Waals surface area contributed by atoms with Crippen molar-refractivity contribution in [3.63, 3.8) is 0 Å². The average molecular weight is 393 g/mol. The summed E-state index contributed by atoms with van der Waals surface area (Å²) in [5.41, 5.74) is 0.993. The lowest BCUT2D eigenvalue weighted by atomic mass is 10.0. The number of esters is 1. The minimum atomic E-state index is -0.588. The third-order valence-corrected chi connectivity index (χ3v) is 4.27. The lowest BCUT2D eigenvalue weighted by molar-refractivity contribution is -0.129. The standard InChI is InChI=1S/C19H18Cl2N2O3/c1-4-6-10-23-19(26-16(24)7-5-2)17(12(3)22-23)18(25)13-8-9-14(20)15(21)11-13/h4-5,7-9,11H,1,6,10H2,2-3H3/b7-5+. The highest BCUT2D eigenvalue weighted by molar-refractivity contribution is 6.42. The van der Waals surface area contributed by atoms with Crippen LogP contribution in [0.5, 0.6) is 5.88 Å². The first kappa shape index (κ1) is 19.9. The number of rotatable bonds is 7. The van der Waals surface area contributed by atoms with E-state index in [0.29, 0.717) is 29.2 Å². The van der Waals surface area contributed by atoms with Crippen LogP contribution in [-0.2, 0) is 11.3 Å². The van der Waals surface area contributed by atoms with Crippen molar-refractivity contribution < 1.29 is 14.3 Å². The zero-order chi connectivity index (χ0) is 19.3. The van der Waals surface area contributed by atoms with Crippen molar-refractivity contribution in [2.24, 2.45) is 0 Å². The predicted octanol–water partition coefficient (Wildman–Crippen LogP) is 4.79. The fraction of sp³-hybridized carbons (Fsp3) is 0.211. The molecule has 26 heavy (non-hydrogen) atoms. The number of hydrogen-bond acceptors (Lipinski definition) is 4. The second kappa shape index (κ2) is 8.83. The molecular weight excluding hydrogens is 375 g/mol. The molecule has 1 aromatic heterocycles. The maximum absolute atomic E-state index is 13.0. The largest absolute Gasteiger partial charge is 0.404 e. The zero-order valence-corrected chi connectivity index (χ0v) is 16.0. The lowest BCUT2D eigenvalue weighted by Crippen LogP contribution is -2.13. The second-order valence-corrected chi connectivity index (χ2v) is 6.26. The first-order valence-electron chi connectivity index (χ1n) is 7.91. The third-order valence-electron chi connectivity index (χ3n) is 3.53. The van der Waals surface area contributed by atoms with Crippen LogP contribution in [0.25, 0.3) is 0 Å². The van der Waals surface area contributed by atoms with E-state index < -0.39 is 5.97 Å². The molecule has 0 unspecified atom stereocenters. The fourth-order valence-electron chi connectivity index (χ4n) is 2.34. The normalized spacial score (nSPS) is 10.9. The van der Waals surface area contributed by atoms with Gasteiger partial charge in [0, 0.05) is 18.2 Å². The summed E-state index contributed by atoms with van der Waals surface area (Å²) in [4.78, 5) is 24.9. The van der Waals surface area contributed by atoms with Crippen LogP contribution in [-0.4, -0.2) is 21.5 Å². The van der Waals surface area contributed by atoms with E-state index in [2.05, 4.69) is 11.7 Å². The van der Waals surface area contributed by atoms with E-state index in [-0.39, 0.29) is 22.2 Å². The second-order valence-electron chi connectivity index (χ2n) is 5.45. The minimum Gasteiger partial charge on any atom is -0.404 e. The molecule has 0 N–H and O–H groups in total. The van der Waals surface area contributed by atoms with Crippen molar-refractivity contribution >= 4 is 35.0 Å². The van der Waals surface area contributed by atoms with E-state index in [0.717, 1.165) is 0 Å². The van der Waals surface area contributed by atoms with E-state index in [1.54, 1.807) is 38.1 Å². The molecule has 1 heterocycles. The van der Waals surface area contributed by atoms with E-state index in [4.69, 9.17) is 27.9 Å². The van der Waals surface area contributed by atoms with Gasteiger partial charge in [-0.1, -0.05) is 35.4 Å². The molecule has 0 saturated heterocycles. The summed E-state index contributed by atoms with van der Waals surface area (Å²) in [6.07, 6.45) is 5.15. The van der Waals surface area contributed by atoms with Crippen molar-refractivity contribution in [1.29, 1.82) is 0 Å². The SMILES string of the molecule is C=CCCn1nc(C)c(C(=O)c2ccc(Cl)c(Cl)c2)c1OC(=O)/C=C/C. The molecule has 0 aliphatic rings. The number of ketones is 1. The molecule has 7 heteroatoms. The smallest absolute Gasteiger partial charge is 0.337 e. The van der Waals surface area contributed by atoms with Crippen molar-refractivity contribution in [2.75, 3.05) is 0 Å². The highest BCUT2D eigenvalue weighted by Gasteiger charge is 2.25. The van der Waals surface area contributed by atoms with Crippen molar-refractivity contribution in [3.8, 4) is 5.88 Å². The van der Waals surface area contributed by atoms with Gasteiger partial charge in [-0.2, -0.15) is 5.10 Å². The van der Waals surface area contributed by atoms with Crippen LogP contribution < -0.4 is 4.74 Å². The van der Waals surface area contributed by atoms with Gasteiger partial charge < -0.3 is 4.74 Å². The van der Waals surface area contributed by atoms with Crippen LogP contribution >= 0.6 is 23.2 Å². The molecule has 5 nitrogen and oxygen atoms in total. The number of carbonyl (C=O) groups is 2. The summed E-state index contributed by atoms with van der Waals surface area (Å²) >= 11 is 11.9. The van der Waals surface area contributed by atoms with Gasteiger partial charge >= 0.3 is 5.97 Å². The molecule has 0 atom stereocenters. The number of halogens is 2. The van der Waals surface area contributed by atoms with Gasteiger partial charge in [0.05, 0.1) is 15.7 Å². The monoisotopic (exact) mass is 392 g/mol. The van der Waals surface area contributed by atoms with Crippen LogP contribution in [0.2, 0.25) is 10.0 Å². The number of benzene rings is 1. The molecule has 0 amide bonds. The maximum atomic E-state index is 13.0. The summed E-state index contributed by atoms with van der Waals surface area (Å²) in [7, 11) is 0. The average Bonchev–Trinajstić information content (AvgIpc) is 2.90. The molecule has 0 saturated carbocycles. The van der Waals surface area contributed by atoms with Crippen LogP contribution in [0.1, 0.15) is 35.0 Å². The fourth-order valence-corrected chi connectivity index (χ4v) is 2.64. The first-order valence-corrected chi connectivity index (χ1v) is 8.67. The number of hydrogen-bond donors (Lipinski definition) is 0. The maximum Gasteiger partial charge on any atom is 0.337 e. The molecule has 0 aliphatic heterocycles. The first-order chi connectivity index (χ1) is 12.4. The Hall–Kier alpha value is -2.37. The third kappa shape index (κ3) is 4.42. The van der Waals surface area contributed by atoms with Crippen molar-refractivity contribution in [2.45, 2.75) is 26.8 Å². The molecule has 0 fully saturated rings. The molecule has 136 valence electrons. The Morgan fingerprint density at radius 1 is 1.31 bits per heavy atom. The Morgan fingerprint density at radius 2 is 2.04 bits per heavy atom. The van der Waals surface area contributed by atoms with Crippen LogP contribution in [0, 0.1) is 6.92 Å². The molecule has 2 rings (SSSR count). The van der Waals surface area contributed by atoms with Gasteiger partial charge in [0.1, 0.15) is 5.56 Å². The molecule has 0 spiro atoms. The summed E-state index contributed by atoms with van der Waals surface area (Å²) in [5, 5.41) is 4.95. The van der Waals surface area contributed by atoms with Crippen molar-refractivity contribution in [1.82, 2.24) is 9.78 Å². The number of aromatic nitrogens is 2. The number of aryl methyl sites for hydroxylation is 2. The van der Waals surface area contributed by atoms with Crippen LogP contribution in [0.15, 0.2) is 43.0 Å². The molecule has 2 aromatic rings. The van der Waals surface area contributed by atoms with E-state index >= 15 is 0 Å². The van der Waals surface area contributed by atoms with Gasteiger partial charge in [0.25, 0.3) is 0 Å². The van der Waals surface area contributed by atoms with E-state index in [1.807, 2.05) is 0 Å². The van der Waals surface area contributed by atoms with Gasteiger partial charge in [-0.05, 0) is 38.5 Å². The number of ether oxygens (including phenoxy) is 1. The highest BCUT2D eigenvalue weighted by atomic mass is 35.5. The van der Waals surface area contributed by atoms with Gasteiger partial charge in [0.2, 0.25) is 5.88 Å². The van der Waals surface area contributed by atoms with E-state index in [1.165, 1.54) is 16.8 Å². The zero-order valence-electron chi connectivity index (χ0n) is 14.5. The summed E-state index contributed by atoms with van der Waals surface area (Å²) in [6, 6.07) is 4.58. The van der Waals surface area contributed by atoms with Gasteiger partial charge in [-0.15, -0.1) is 6.58 Å². The van der Waals surface area contributed by atoms with Crippen LogP contribution in [0.4, 0.5) is 0 Å². The number of nitrogens with zero attached hydrogens (tertiary/aromatic N) is 2. The summed E-state index contributed by atoms with van der Waals surface area (Å²) < 4.78 is 6.88. The predicted molar refractivity (Wildman–Crippen MR) is 102 cm³/mol. The number of carbonyl (C=O) groups excluding carboxylic acids is 2. The van der Waals surface area contributed by atoms with Gasteiger partial charge in [-0.25, -0.2) is 9.48 Å². The summed E-state index contributed by atoms with van der Waals surface area (Å²) in [6.45, 7) is 7.48. The minimum absolute atomic E-state index is 0.100. The van der Waals surface area contributed by atoms with Gasteiger partial charge in [0.15, 0.2) is 5.78 Å². The van der Waals surface area contributed by atoms with Crippen molar-refractivity contribution in [3.05, 3.63) is 69.9 Å².